The molecule has 0 aliphatic carbocycles. The van der Waals surface area contributed by atoms with Crippen LogP contribution in [0.15, 0.2) is 51.5 Å². The predicted octanol–water partition coefficient (Wildman–Crippen LogP) is 3.97. The van der Waals surface area contributed by atoms with Crippen molar-refractivity contribution < 1.29 is 9.47 Å². The monoisotopic (exact) mass is 437 g/mol. The van der Waals surface area contributed by atoms with Crippen molar-refractivity contribution in [3.8, 4) is 22.6 Å². The molecule has 0 aliphatic rings. The van der Waals surface area contributed by atoms with Crippen LogP contribution in [0.2, 0.25) is 0 Å². The Hall–Kier alpha value is -3.39. The van der Waals surface area contributed by atoms with E-state index in [1.807, 2.05) is 36.6 Å². The molecule has 0 aliphatic heterocycles. The molecule has 0 amide bonds. The third-order valence-corrected chi connectivity index (χ3v) is 5.86. The van der Waals surface area contributed by atoms with E-state index >= 15 is 0 Å². The molecule has 3 aromatic heterocycles. The number of nitrogens with zero attached hydrogens (tertiary/aromatic N) is 2. The zero-order valence-electron chi connectivity index (χ0n) is 17.6. The maximum atomic E-state index is 13.4. The molecule has 3 heterocycles. The molecule has 8 heteroatoms. The molecule has 0 bridgehead atoms. The molecule has 31 heavy (non-hydrogen) atoms. The quantitative estimate of drug-likeness (QED) is 0.473. The number of pyridine rings is 1. The van der Waals surface area contributed by atoms with Gasteiger partial charge in [-0.15, -0.1) is 11.3 Å². The summed E-state index contributed by atoms with van der Waals surface area (Å²) in [5, 5.41) is 2.51. The highest BCUT2D eigenvalue weighted by molar-refractivity contribution is 7.17. The number of aryl methyl sites for hydroxylation is 1. The number of nitrogens with one attached hydrogen (secondary N) is 1. The van der Waals surface area contributed by atoms with E-state index in [-0.39, 0.29) is 23.3 Å². The van der Waals surface area contributed by atoms with Crippen LogP contribution in [0.3, 0.4) is 0 Å². The molecule has 7 nitrogen and oxygen atoms in total. The highest BCUT2D eigenvalue weighted by atomic mass is 32.1. The van der Waals surface area contributed by atoms with Crippen LogP contribution in [0.5, 0.6) is 11.5 Å². The van der Waals surface area contributed by atoms with Gasteiger partial charge in [-0.05, 0) is 31.0 Å². The lowest BCUT2D eigenvalue weighted by molar-refractivity contribution is 0.313. The van der Waals surface area contributed by atoms with Crippen molar-refractivity contribution in [1.82, 2.24) is 14.5 Å². The molecule has 1 aromatic carbocycles. The first-order chi connectivity index (χ1) is 15.0. The number of hydrogen-bond acceptors (Lipinski definition) is 6. The van der Waals surface area contributed by atoms with Crippen LogP contribution in [0, 0.1) is 6.92 Å². The fourth-order valence-corrected chi connectivity index (χ4v) is 4.39. The SMILES string of the molecule is CCCOc1c[nH]c(Cn2c(C)nc3scc(-c4cccc(OC)c4)c3c2=O)cc1=O. The van der Waals surface area contributed by atoms with Gasteiger partial charge in [0.1, 0.15) is 16.4 Å². The van der Waals surface area contributed by atoms with Gasteiger partial charge in [0.25, 0.3) is 5.56 Å². The summed E-state index contributed by atoms with van der Waals surface area (Å²) in [7, 11) is 1.61. The highest BCUT2D eigenvalue weighted by Gasteiger charge is 2.16. The molecular weight excluding hydrogens is 414 g/mol. The maximum Gasteiger partial charge on any atom is 0.263 e. The van der Waals surface area contributed by atoms with Crippen LogP contribution in [-0.2, 0) is 6.54 Å². The van der Waals surface area contributed by atoms with Crippen molar-refractivity contribution in [1.29, 1.82) is 0 Å². The van der Waals surface area contributed by atoms with E-state index < -0.39 is 0 Å². The zero-order chi connectivity index (χ0) is 22.0. The molecule has 0 unspecified atom stereocenters. The molecular formula is C23H23N3O4S. The van der Waals surface area contributed by atoms with Gasteiger partial charge in [0, 0.05) is 28.9 Å². The van der Waals surface area contributed by atoms with Gasteiger partial charge in [-0.3, -0.25) is 14.2 Å². The number of aromatic amines is 1. The molecule has 1 N–H and O–H groups in total. The Morgan fingerprint density at radius 2 is 2.06 bits per heavy atom. The Bertz CT molecular complexity index is 1350. The summed E-state index contributed by atoms with van der Waals surface area (Å²) in [5.74, 6) is 1.59. The van der Waals surface area contributed by atoms with Crippen molar-refractivity contribution >= 4 is 21.6 Å². The van der Waals surface area contributed by atoms with Crippen LogP contribution >= 0.6 is 11.3 Å². The van der Waals surface area contributed by atoms with Crippen molar-refractivity contribution in [2.75, 3.05) is 13.7 Å². The van der Waals surface area contributed by atoms with E-state index in [1.165, 1.54) is 17.4 Å². The summed E-state index contributed by atoms with van der Waals surface area (Å²) < 4.78 is 12.3. The van der Waals surface area contributed by atoms with Crippen molar-refractivity contribution in [3.63, 3.8) is 0 Å². The third kappa shape index (κ3) is 4.11. The smallest absolute Gasteiger partial charge is 0.263 e. The molecule has 0 saturated carbocycles. The molecule has 0 fully saturated rings. The fraction of sp³-hybridized carbons (Fsp3) is 0.261. The van der Waals surface area contributed by atoms with Gasteiger partial charge in [0.05, 0.1) is 25.6 Å². The fourth-order valence-electron chi connectivity index (χ4n) is 3.40. The lowest BCUT2D eigenvalue weighted by Crippen LogP contribution is -2.25. The van der Waals surface area contributed by atoms with E-state index in [9.17, 15) is 9.59 Å². The first-order valence-electron chi connectivity index (χ1n) is 9.99. The zero-order valence-corrected chi connectivity index (χ0v) is 18.4. The average Bonchev–Trinajstić information content (AvgIpc) is 3.20. The standard InChI is InChI=1S/C23H23N3O4S/c1-4-8-30-20-11-24-16(10-19(20)27)12-26-14(2)25-22-21(23(26)28)18(13-31-22)15-6-5-7-17(9-15)29-3/h5-7,9-11,13H,4,8,12H2,1-3H3,(H,24,27). The van der Waals surface area contributed by atoms with Gasteiger partial charge in [0.15, 0.2) is 5.75 Å². The molecule has 0 spiro atoms. The third-order valence-electron chi connectivity index (χ3n) is 4.99. The molecule has 0 radical (unpaired) electrons. The number of thiophene rings is 1. The second-order valence-electron chi connectivity index (χ2n) is 7.15. The van der Waals surface area contributed by atoms with Gasteiger partial charge in [-0.25, -0.2) is 4.98 Å². The van der Waals surface area contributed by atoms with E-state index in [2.05, 4.69) is 9.97 Å². The Balaban J connectivity index is 1.76. The summed E-state index contributed by atoms with van der Waals surface area (Å²) in [6.45, 7) is 4.46. The number of rotatable bonds is 7. The highest BCUT2D eigenvalue weighted by Crippen LogP contribution is 2.32. The number of fused-ring (bicyclic) bond motifs is 1. The van der Waals surface area contributed by atoms with Gasteiger partial charge < -0.3 is 14.5 Å². The number of hydrogen-bond donors (Lipinski definition) is 1. The Labute approximate surface area is 182 Å². The topological polar surface area (TPSA) is 86.2 Å². The van der Waals surface area contributed by atoms with E-state index in [1.54, 1.807) is 24.8 Å². The summed E-state index contributed by atoms with van der Waals surface area (Å²) in [4.78, 5) is 34.1. The maximum absolute atomic E-state index is 13.4. The second kappa shape index (κ2) is 8.77. The van der Waals surface area contributed by atoms with E-state index in [4.69, 9.17) is 9.47 Å². The summed E-state index contributed by atoms with van der Waals surface area (Å²) in [6.07, 6.45) is 2.36. The van der Waals surface area contributed by atoms with Crippen molar-refractivity contribution in [2.45, 2.75) is 26.8 Å². The van der Waals surface area contributed by atoms with Gasteiger partial charge in [-0.1, -0.05) is 19.1 Å². The number of benzene rings is 1. The second-order valence-corrected chi connectivity index (χ2v) is 8.01. The Morgan fingerprint density at radius 3 is 2.81 bits per heavy atom. The van der Waals surface area contributed by atoms with Gasteiger partial charge in [0.2, 0.25) is 5.43 Å². The minimum Gasteiger partial charge on any atom is -0.497 e. The number of methoxy groups -OCH3 is 1. The summed E-state index contributed by atoms with van der Waals surface area (Å²) in [6, 6.07) is 9.07. The summed E-state index contributed by atoms with van der Waals surface area (Å²) in [5.41, 5.74) is 1.97. The first-order valence-corrected chi connectivity index (χ1v) is 10.9. The number of ether oxygens (including phenoxy) is 2. The van der Waals surface area contributed by atoms with Crippen molar-refractivity contribution in [2.24, 2.45) is 0 Å². The number of H-pyrrole nitrogens is 1. The summed E-state index contributed by atoms with van der Waals surface area (Å²) >= 11 is 1.44. The van der Waals surface area contributed by atoms with Crippen LogP contribution in [-0.4, -0.2) is 28.3 Å². The van der Waals surface area contributed by atoms with E-state index in [0.717, 1.165) is 23.3 Å². The van der Waals surface area contributed by atoms with Crippen LogP contribution < -0.4 is 20.5 Å². The van der Waals surface area contributed by atoms with Crippen molar-refractivity contribution in [3.05, 3.63) is 74.0 Å². The minimum atomic E-state index is -0.213. The van der Waals surface area contributed by atoms with Crippen LogP contribution in [0.4, 0.5) is 0 Å². The lowest BCUT2D eigenvalue weighted by Gasteiger charge is -2.11. The molecule has 4 rings (SSSR count). The normalized spacial score (nSPS) is 11.1. The predicted molar refractivity (Wildman–Crippen MR) is 123 cm³/mol. The van der Waals surface area contributed by atoms with Crippen LogP contribution in [0.1, 0.15) is 24.9 Å². The lowest BCUT2D eigenvalue weighted by atomic mass is 10.1. The number of aromatic nitrogens is 3. The molecule has 0 saturated heterocycles. The Morgan fingerprint density at radius 1 is 1.23 bits per heavy atom. The largest absolute Gasteiger partial charge is 0.497 e. The molecule has 4 aromatic rings. The molecule has 0 atom stereocenters. The Kier molecular flexibility index (Phi) is 5.90. The minimum absolute atomic E-state index is 0.145. The van der Waals surface area contributed by atoms with Gasteiger partial charge in [-0.2, -0.15) is 0 Å². The van der Waals surface area contributed by atoms with Gasteiger partial charge >= 0.3 is 0 Å². The molecule has 160 valence electrons. The average molecular weight is 438 g/mol. The van der Waals surface area contributed by atoms with E-state index in [0.29, 0.717) is 28.3 Å². The first kappa shape index (κ1) is 20.9. The van der Waals surface area contributed by atoms with Crippen LogP contribution in [0.25, 0.3) is 21.3 Å².